The van der Waals surface area contributed by atoms with Gasteiger partial charge in [0.05, 0.1) is 17.9 Å². The highest BCUT2D eigenvalue weighted by Gasteiger charge is 2.27. The zero-order valence-electron chi connectivity index (χ0n) is 13.6. The van der Waals surface area contributed by atoms with Gasteiger partial charge in [0, 0.05) is 11.3 Å². The van der Waals surface area contributed by atoms with E-state index in [2.05, 4.69) is 10.4 Å². The molecule has 1 aromatic carbocycles. The van der Waals surface area contributed by atoms with E-state index in [1.165, 1.54) is 0 Å². The molecule has 134 valence electrons. The maximum absolute atomic E-state index is 12.0. The molecule has 0 atom stereocenters. The first-order chi connectivity index (χ1) is 11.7. The van der Waals surface area contributed by atoms with Crippen molar-refractivity contribution < 1.29 is 22.8 Å². The Bertz CT molecular complexity index is 767. The minimum Gasteiger partial charge on any atom is -0.345 e. The maximum atomic E-state index is 12.0. The first-order valence-electron chi connectivity index (χ1n) is 7.41. The van der Waals surface area contributed by atoms with Gasteiger partial charge in [0.15, 0.2) is 0 Å². The largest absolute Gasteiger partial charge is 0.405 e. The van der Waals surface area contributed by atoms with Crippen molar-refractivity contribution in [3.05, 3.63) is 47.3 Å². The Morgan fingerprint density at radius 2 is 1.76 bits per heavy atom. The number of nitrogens with one attached hydrogen (secondary N) is 2. The molecular formula is C16H17F3N4O2. The Labute approximate surface area is 142 Å². The predicted molar refractivity (Wildman–Crippen MR) is 84.4 cm³/mol. The number of nitrogens with zero attached hydrogens (tertiary/aromatic N) is 2. The smallest absolute Gasteiger partial charge is 0.345 e. The van der Waals surface area contributed by atoms with Crippen LogP contribution in [0.2, 0.25) is 0 Å². The van der Waals surface area contributed by atoms with Crippen LogP contribution in [0.4, 0.5) is 13.2 Å². The number of carbonyl (C=O) groups is 2. The van der Waals surface area contributed by atoms with Crippen molar-refractivity contribution in [3.8, 4) is 5.69 Å². The van der Waals surface area contributed by atoms with E-state index >= 15 is 0 Å². The number of aromatic nitrogens is 2. The molecule has 0 radical (unpaired) electrons. The summed E-state index contributed by atoms with van der Waals surface area (Å²) in [5, 5.41) is 8.27. The minimum atomic E-state index is -4.49. The van der Waals surface area contributed by atoms with Crippen LogP contribution in [0.1, 0.15) is 21.7 Å². The van der Waals surface area contributed by atoms with Gasteiger partial charge in [-0.3, -0.25) is 9.59 Å². The Hall–Kier alpha value is -2.84. The lowest BCUT2D eigenvalue weighted by atomic mass is 10.2. The molecule has 2 amide bonds. The number of hydrogen-bond acceptors (Lipinski definition) is 3. The quantitative estimate of drug-likeness (QED) is 0.861. The van der Waals surface area contributed by atoms with Crippen LogP contribution in [0.5, 0.6) is 0 Å². The second-order valence-electron chi connectivity index (χ2n) is 5.46. The number of amides is 2. The van der Waals surface area contributed by atoms with E-state index in [4.69, 9.17) is 0 Å². The van der Waals surface area contributed by atoms with E-state index in [0.717, 1.165) is 17.1 Å². The molecular weight excluding hydrogens is 337 g/mol. The van der Waals surface area contributed by atoms with Gasteiger partial charge in [0.2, 0.25) is 5.91 Å². The molecule has 1 aromatic heterocycles. The van der Waals surface area contributed by atoms with Crippen molar-refractivity contribution in [1.29, 1.82) is 0 Å². The van der Waals surface area contributed by atoms with Gasteiger partial charge in [-0.15, -0.1) is 0 Å². The molecule has 2 rings (SSSR count). The van der Waals surface area contributed by atoms with E-state index in [-0.39, 0.29) is 5.56 Å². The van der Waals surface area contributed by atoms with Crippen LogP contribution in [0.25, 0.3) is 5.69 Å². The minimum absolute atomic E-state index is 0.286. The van der Waals surface area contributed by atoms with Gasteiger partial charge >= 0.3 is 6.18 Å². The molecule has 0 spiro atoms. The molecule has 2 N–H and O–H groups in total. The zero-order chi connectivity index (χ0) is 18.6. The summed E-state index contributed by atoms with van der Waals surface area (Å²) in [7, 11) is 0. The number of hydrogen-bond donors (Lipinski definition) is 2. The zero-order valence-corrected chi connectivity index (χ0v) is 13.6. The molecule has 25 heavy (non-hydrogen) atoms. The number of alkyl halides is 3. The van der Waals surface area contributed by atoms with Crippen molar-refractivity contribution in [3.63, 3.8) is 0 Å². The van der Waals surface area contributed by atoms with Gasteiger partial charge in [-0.1, -0.05) is 0 Å². The van der Waals surface area contributed by atoms with Crippen LogP contribution in [0.15, 0.2) is 30.3 Å². The summed E-state index contributed by atoms with van der Waals surface area (Å²) >= 11 is 0. The standard InChI is InChI=1S/C16H17F3N4O2/c1-10-7-11(2)23(22-10)13-5-3-12(4-6-13)15(25)20-8-14(24)21-9-16(17,18)19/h3-7H,8-9H2,1-2H3,(H,20,25)(H,21,24). The van der Waals surface area contributed by atoms with Gasteiger partial charge in [0.25, 0.3) is 5.91 Å². The second kappa shape index (κ2) is 7.37. The van der Waals surface area contributed by atoms with Crippen LogP contribution in [0, 0.1) is 13.8 Å². The summed E-state index contributed by atoms with van der Waals surface area (Å²) in [5.41, 5.74) is 2.86. The number of aryl methyl sites for hydroxylation is 2. The van der Waals surface area contributed by atoms with Crippen LogP contribution in [-0.4, -0.2) is 40.9 Å². The second-order valence-corrected chi connectivity index (χ2v) is 5.46. The molecule has 2 aromatic rings. The van der Waals surface area contributed by atoms with Crippen LogP contribution in [-0.2, 0) is 4.79 Å². The molecule has 0 aliphatic rings. The molecule has 0 aliphatic heterocycles. The molecule has 0 saturated carbocycles. The summed E-state index contributed by atoms with van der Waals surface area (Å²) in [4.78, 5) is 23.2. The molecule has 0 unspecified atom stereocenters. The average Bonchev–Trinajstić information content (AvgIpc) is 2.88. The lowest BCUT2D eigenvalue weighted by Crippen LogP contribution is -2.40. The SMILES string of the molecule is Cc1cc(C)n(-c2ccc(C(=O)NCC(=O)NCC(F)(F)F)cc2)n1. The monoisotopic (exact) mass is 354 g/mol. The number of carbonyl (C=O) groups excluding carboxylic acids is 2. The highest BCUT2D eigenvalue weighted by molar-refractivity contribution is 5.96. The highest BCUT2D eigenvalue weighted by atomic mass is 19.4. The fourth-order valence-electron chi connectivity index (χ4n) is 2.17. The van der Waals surface area contributed by atoms with Crippen molar-refractivity contribution >= 4 is 11.8 Å². The summed E-state index contributed by atoms with van der Waals surface area (Å²) in [6.07, 6.45) is -4.49. The molecule has 1 heterocycles. The van der Waals surface area contributed by atoms with Gasteiger partial charge in [-0.2, -0.15) is 18.3 Å². The average molecular weight is 354 g/mol. The normalized spacial score (nSPS) is 11.2. The fraction of sp³-hybridized carbons (Fsp3) is 0.312. The molecule has 0 bridgehead atoms. The van der Waals surface area contributed by atoms with Gasteiger partial charge in [-0.05, 0) is 44.2 Å². The van der Waals surface area contributed by atoms with Crippen LogP contribution in [0.3, 0.4) is 0 Å². The van der Waals surface area contributed by atoms with E-state index in [1.54, 1.807) is 34.3 Å². The molecule has 0 fully saturated rings. The van der Waals surface area contributed by atoms with Gasteiger partial charge < -0.3 is 10.6 Å². The molecule has 6 nitrogen and oxygen atoms in total. The van der Waals surface area contributed by atoms with Crippen molar-refractivity contribution in [1.82, 2.24) is 20.4 Å². The Balaban J connectivity index is 1.92. The highest BCUT2D eigenvalue weighted by Crippen LogP contribution is 2.13. The third-order valence-corrected chi connectivity index (χ3v) is 3.28. The van der Waals surface area contributed by atoms with Crippen molar-refractivity contribution in [2.24, 2.45) is 0 Å². The van der Waals surface area contributed by atoms with Crippen molar-refractivity contribution in [2.75, 3.05) is 13.1 Å². The Morgan fingerprint density at radius 1 is 1.12 bits per heavy atom. The van der Waals surface area contributed by atoms with Gasteiger partial charge in [0.1, 0.15) is 6.54 Å². The number of rotatable bonds is 5. The first kappa shape index (κ1) is 18.5. The number of benzene rings is 1. The summed E-state index contributed by atoms with van der Waals surface area (Å²) < 4.78 is 37.7. The lowest BCUT2D eigenvalue weighted by Gasteiger charge is -2.09. The fourth-order valence-corrected chi connectivity index (χ4v) is 2.17. The molecule has 0 saturated heterocycles. The van der Waals surface area contributed by atoms with Crippen molar-refractivity contribution in [2.45, 2.75) is 20.0 Å². The summed E-state index contributed by atoms with van der Waals surface area (Å²) in [5.74, 6) is -1.47. The number of halogens is 3. The van der Waals surface area contributed by atoms with Crippen LogP contribution < -0.4 is 10.6 Å². The summed E-state index contributed by atoms with van der Waals surface area (Å²) in [6.45, 7) is 1.81. The third-order valence-electron chi connectivity index (χ3n) is 3.28. The summed E-state index contributed by atoms with van der Waals surface area (Å²) in [6, 6.07) is 8.40. The van der Waals surface area contributed by atoms with Gasteiger partial charge in [-0.25, -0.2) is 4.68 Å². The first-order valence-corrected chi connectivity index (χ1v) is 7.41. The lowest BCUT2D eigenvalue weighted by molar-refractivity contribution is -0.137. The Morgan fingerprint density at radius 3 is 2.28 bits per heavy atom. The molecule has 9 heteroatoms. The topological polar surface area (TPSA) is 76.0 Å². The van der Waals surface area contributed by atoms with E-state index in [1.807, 2.05) is 19.9 Å². The predicted octanol–water partition coefficient (Wildman–Crippen LogP) is 1.90. The Kier molecular flexibility index (Phi) is 5.45. The van der Waals surface area contributed by atoms with E-state index in [9.17, 15) is 22.8 Å². The van der Waals surface area contributed by atoms with E-state index in [0.29, 0.717) is 0 Å². The van der Waals surface area contributed by atoms with Crippen LogP contribution >= 0.6 is 0 Å². The van der Waals surface area contributed by atoms with E-state index < -0.39 is 31.1 Å². The molecule has 0 aliphatic carbocycles. The third kappa shape index (κ3) is 5.33. The maximum Gasteiger partial charge on any atom is 0.405 e.